The van der Waals surface area contributed by atoms with Gasteiger partial charge in [-0.05, 0) is 68.9 Å². The lowest BCUT2D eigenvalue weighted by molar-refractivity contribution is -0.140. The van der Waals surface area contributed by atoms with E-state index >= 15 is 8.78 Å². The minimum Gasteiger partial charge on any atom is -0.495 e. The Morgan fingerprint density at radius 1 is 0.968 bits per heavy atom. The second kappa shape index (κ2) is 17.6. The Morgan fingerprint density at radius 2 is 1.73 bits per heavy atom. The summed E-state index contributed by atoms with van der Waals surface area (Å²) in [7, 11) is 2.74. The first-order valence-electron chi connectivity index (χ1n) is 21.2. The van der Waals surface area contributed by atoms with Crippen molar-refractivity contribution in [3.63, 3.8) is 0 Å². The first-order valence-corrected chi connectivity index (χ1v) is 21.2. The molecule has 1 atom stereocenters. The highest BCUT2D eigenvalue weighted by Crippen LogP contribution is 2.40. The standard InChI is InChI=1S/C43H48F2N10O8/c1-52-31-22-47-42(51-36(31)54(26-7-3-4-8-26)23-43(44,45)41(52)62)49-28-13-12-24(21-32(28)63-2)37(58)48-25-16-19-53(20-17-25)34(57)11-6-18-46-29-10-5-9-27-35(29)40(61)55(39(27)60)30-14-15-33(56)50-38(30)59/h5,9-10,12-13,21-22,25-26,30,46H,3-4,6-8,11,14-20,23H2,1-2H3,(H,48,58)(H,47,49,51)(H,50,56,59). The summed E-state index contributed by atoms with van der Waals surface area (Å²) < 4.78 is 35.7. The van der Waals surface area contributed by atoms with Crippen molar-refractivity contribution < 1.29 is 47.1 Å². The van der Waals surface area contributed by atoms with E-state index in [4.69, 9.17) is 4.74 Å². The average molecular weight is 871 g/mol. The highest BCUT2D eigenvalue weighted by Gasteiger charge is 2.49. The fraction of sp³-hybridized carbons (Fsp3) is 0.465. The third-order valence-electron chi connectivity index (χ3n) is 12.4. The Balaban J connectivity index is 0.820. The van der Waals surface area contributed by atoms with E-state index in [0.29, 0.717) is 74.4 Å². The van der Waals surface area contributed by atoms with E-state index in [1.165, 1.54) is 31.3 Å². The predicted octanol–water partition coefficient (Wildman–Crippen LogP) is 3.60. The number of methoxy groups -OCH3 is 1. The molecule has 0 bridgehead atoms. The number of hydrogen-bond acceptors (Lipinski definition) is 13. The number of fused-ring (bicyclic) bond motifs is 2. The third-order valence-corrected chi connectivity index (χ3v) is 12.4. The number of alkyl halides is 2. The predicted molar refractivity (Wildman–Crippen MR) is 224 cm³/mol. The smallest absolute Gasteiger partial charge is 0.342 e. The van der Waals surface area contributed by atoms with Crippen molar-refractivity contribution in [1.29, 1.82) is 0 Å². The normalized spacial score (nSPS) is 20.3. The molecule has 1 aliphatic carbocycles. The van der Waals surface area contributed by atoms with Crippen LogP contribution in [0.4, 0.5) is 37.6 Å². The van der Waals surface area contributed by atoms with Crippen LogP contribution in [0, 0.1) is 0 Å². The van der Waals surface area contributed by atoms with Crippen LogP contribution < -0.4 is 35.8 Å². The lowest BCUT2D eigenvalue weighted by atomic mass is 10.0. The van der Waals surface area contributed by atoms with E-state index < -0.39 is 48.0 Å². The number of imide groups is 2. The summed E-state index contributed by atoms with van der Waals surface area (Å²) in [6.07, 6.45) is 6.41. The summed E-state index contributed by atoms with van der Waals surface area (Å²) in [4.78, 5) is 104. The Bertz CT molecular complexity index is 2370. The van der Waals surface area contributed by atoms with Gasteiger partial charge in [0, 0.05) is 62.9 Å². The molecule has 18 nitrogen and oxygen atoms in total. The SMILES string of the molecule is COc1cc(C(=O)NC2CCN(C(=O)CCCNc3cccc4c3C(=O)N(C3CCC(=O)NC3=O)C4=O)CC2)ccc1Nc1ncc2c(n1)N(C1CCCC1)CC(F)(F)C(=O)N2C. The van der Waals surface area contributed by atoms with Gasteiger partial charge in [-0.2, -0.15) is 13.8 Å². The van der Waals surface area contributed by atoms with Gasteiger partial charge in [-0.1, -0.05) is 18.9 Å². The molecule has 0 spiro atoms. The van der Waals surface area contributed by atoms with E-state index in [1.807, 2.05) is 0 Å². The number of likely N-dealkylation sites (tertiary alicyclic amines) is 1. The molecule has 1 unspecified atom stereocenters. The van der Waals surface area contributed by atoms with Crippen LogP contribution >= 0.6 is 0 Å². The average Bonchev–Trinajstić information content (AvgIpc) is 3.89. The van der Waals surface area contributed by atoms with Gasteiger partial charge in [0.05, 0.1) is 36.7 Å². The number of nitrogens with zero attached hydrogens (tertiary/aromatic N) is 6. The van der Waals surface area contributed by atoms with Gasteiger partial charge < -0.3 is 35.4 Å². The van der Waals surface area contributed by atoms with Gasteiger partial charge in [0.25, 0.3) is 23.6 Å². The van der Waals surface area contributed by atoms with Crippen LogP contribution in [-0.4, -0.2) is 126 Å². The molecule has 3 fully saturated rings. The number of carbonyl (C=O) groups excluding carboxylic acids is 7. The van der Waals surface area contributed by atoms with E-state index in [9.17, 15) is 33.6 Å². The maximum Gasteiger partial charge on any atom is 0.342 e. The zero-order valence-electron chi connectivity index (χ0n) is 34.9. The molecule has 3 aromatic rings. The number of ether oxygens (including phenoxy) is 1. The number of aromatic nitrogens is 2. The molecule has 0 radical (unpaired) electrons. The topological polar surface area (TPSA) is 216 Å². The molecular formula is C43H48F2N10O8. The second-order valence-electron chi connectivity index (χ2n) is 16.4. The largest absolute Gasteiger partial charge is 0.495 e. The number of amides is 7. The quantitative estimate of drug-likeness (QED) is 0.151. The third kappa shape index (κ3) is 8.57. The number of rotatable bonds is 12. The van der Waals surface area contributed by atoms with Gasteiger partial charge in [-0.3, -0.25) is 43.8 Å². The number of halogens is 2. The van der Waals surface area contributed by atoms with Crippen molar-refractivity contribution in [2.75, 3.05) is 60.8 Å². The summed E-state index contributed by atoms with van der Waals surface area (Å²) in [5.41, 5.74) is 1.69. The molecule has 63 heavy (non-hydrogen) atoms. The molecule has 1 aromatic heterocycles. The summed E-state index contributed by atoms with van der Waals surface area (Å²) in [6.45, 7) is 0.453. The van der Waals surface area contributed by atoms with Gasteiger partial charge in [0.1, 0.15) is 17.5 Å². The van der Waals surface area contributed by atoms with Crippen LogP contribution in [0.5, 0.6) is 5.75 Å². The van der Waals surface area contributed by atoms with Crippen LogP contribution in [0.15, 0.2) is 42.6 Å². The minimum atomic E-state index is -3.60. The maximum atomic E-state index is 15.0. The summed E-state index contributed by atoms with van der Waals surface area (Å²) in [5.74, 6) is -6.99. The van der Waals surface area contributed by atoms with Crippen molar-refractivity contribution in [1.82, 2.24) is 30.4 Å². The number of carbonyl (C=O) groups is 7. The lowest BCUT2D eigenvalue weighted by Crippen LogP contribution is -2.54. The molecule has 4 aliphatic heterocycles. The van der Waals surface area contributed by atoms with E-state index in [2.05, 4.69) is 31.2 Å². The van der Waals surface area contributed by atoms with Gasteiger partial charge in [0.15, 0.2) is 5.82 Å². The van der Waals surface area contributed by atoms with Crippen molar-refractivity contribution in [3.8, 4) is 5.75 Å². The number of nitrogens with one attached hydrogen (secondary N) is 4. The van der Waals surface area contributed by atoms with Crippen LogP contribution in [0.1, 0.15) is 95.3 Å². The molecule has 332 valence electrons. The van der Waals surface area contributed by atoms with E-state index in [1.54, 1.807) is 35.2 Å². The molecule has 2 saturated heterocycles. The second-order valence-corrected chi connectivity index (χ2v) is 16.4. The van der Waals surface area contributed by atoms with Crippen molar-refractivity contribution >= 4 is 70.2 Å². The number of hydrogen-bond donors (Lipinski definition) is 4. The van der Waals surface area contributed by atoms with Crippen LogP contribution in [0.25, 0.3) is 0 Å². The number of piperidine rings is 2. The molecule has 2 aromatic carbocycles. The molecular weight excluding hydrogens is 823 g/mol. The Kier molecular flexibility index (Phi) is 12.0. The molecule has 5 aliphatic rings. The molecule has 8 rings (SSSR count). The van der Waals surface area contributed by atoms with Gasteiger partial charge >= 0.3 is 5.92 Å². The van der Waals surface area contributed by atoms with Gasteiger partial charge in [-0.15, -0.1) is 0 Å². The molecule has 20 heteroatoms. The summed E-state index contributed by atoms with van der Waals surface area (Å²) in [6, 6.07) is 8.19. The maximum absolute atomic E-state index is 15.0. The molecule has 4 N–H and O–H groups in total. The van der Waals surface area contributed by atoms with E-state index in [-0.39, 0.29) is 71.7 Å². The molecule has 1 saturated carbocycles. The highest BCUT2D eigenvalue weighted by atomic mass is 19.3. The summed E-state index contributed by atoms with van der Waals surface area (Å²) in [5, 5.41) is 11.5. The van der Waals surface area contributed by atoms with Gasteiger partial charge in [0.2, 0.25) is 23.7 Å². The van der Waals surface area contributed by atoms with Crippen molar-refractivity contribution in [3.05, 3.63) is 59.3 Å². The Labute approximate surface area is 361 Å². The first-order chi connectivity index (χ1) is 30.2. The fourth-order valence-electron chi connectivity index (χ4n) is 8.99. The van der Waals surface area contributed by atoms with Crippen molar-refractivity contribution in [2.24, 2.45) is 0 Å². The minimum absolute atomic E-state index is 0.0245. The number of anilines is 5. The van der Waals surface area contributed by atoms with Crippen molar-refractivity contribution in [2.45, 2.75) is 88.3 Å². The Hall–Kier alpha value is -6.73. The van der Waals surface area contributed by atoms with E-state index in [0.717, 1.165) is 22.6 Å². The first kappa shape index (κ1) is 42.9. The lowest BCUT2D eigenvalue weighted by Gasteiger charge is -2.32. The monoisotopic (exact) mass is 870 g/mol. The molecule has 7 amide bonds. The number of benzene rings is 2. The Morgan fingerprint density at radius 3 is 2.46 bits per heavy atom. The zero-order valence-corrected chi connectivity index (χ0v) is 34.9. The van der Waals surface area contributed by atoms with Crippen LogP contribution in [0.2, 0.25) is 0 Å². The zero-order chi connectivity index (χ0) is 44.6. The van der Waals surface area contributed by atoms with Gasteiger partial charge in [-0.25, -0.2) is 4.98 Å². The summed E-state index contributed by atoms with van der Waals surface area (Å²) >= 11 is 0. The van der Waals surface area contributed by atoms with Crippen LogP contribution in [0.3, 0.4) is 0 Å². The highest BCUT2D eigenvalue weighted by molar-refractivity contribution is 6.25. The van der Waals surface area contributed by atoms with Crippen LogP contribution in [-0.2, 0) is 19.2 Å². The molecule has 5 heterocycles. The fourth-order valence-corrected chi connectivity index (χ4v) is 8.99.